The second kappa shape index (κ2) is 7.82. The van der Waals surface area contributed by atoms with E-state index in [-0.39, 0.29) is 16.8 Å². The molecule has 0 aromatic heterocycles. The number of non-ortho nitro benzene ring substituents is 1. The number of carboxylic acid groups (broad SMARTS) is 1. The van der Waals surface area contributed by atoms with E-state index in [0.29, 0.717) is 0 Å². The summed E-state index contributed by atoms with van der Waals surface area (Å²) in [6, 6.07) is 8.17. The lowest BCUT2D eigenvalue weighted by atomic mass is 9.99. The van der Waals surface area contributed by atoms with Crippen molar-refractivity contribution in [2.45, 2.75) is 19.4 Å². The number of benzene rings is 2. The summed E-state index contributed by atoms with van der Waals surface area (Å²) in [5.74, 6) is -2.52. The Bertz CT molecular complexity index is 974. The Morgan fingerprint density at radius 3 is 2.32 bits per heavy atom. The number of carbonyl (C=O) groups is 3. The predicted octanol–water partition coefficient (Wildman–Crippen LogP) is 2.95. The van der Waals surface area contributed by atoms with E-state index >= 15 is 0 Å². The van der Waals surface area contributed by atoms with Gasteiger partial charge in [-0.2, -0.15) is 0 Å². The van der Waals surface area contributed by atoms with E-state index in [0.717, 1.165) is 24.3 Å². The van der Waals surface area contributed by atoms with Gasteiger partial charge in [-0.15, -0.1) is 0 Å². The SMILES string of the molecule is CC(C)(NC(=O)O)C(=O)Nc1ccc([N+](=O)[O-])cc1C(=O)c1ccccc1F. The number of hydrogen-bond donors (Lipinski definition) is 3. The minimum atomic E-state index is -1.56. The van der Waals surface area contributed by atoms with Gasteiger partial charge < -0.3 is 15.7 Å². The number of anilines is 1. The Kier molecular flexibility index (Phi) is 5.73. The second-order valence-corrected chi connectivity index (χ2v) is 6.31. The second-order valence-electron chi connectivity index (χ2n) is 6.31. The fourth-order valence-corrected chi connectivity index (χ4v) is 2.34. The van der Waals surface area contributed by atoms with Crippen LogP contribution >= 0.6 is 0 Å². The largest absolute Gasteiger partial charge is 0.465 e. The van der Waals surface area contributed by atoms with Gasteiger partial charge in [0.25, 0.3) is 5.69 Å². The number of ketones is 1. The van der Waals surface area contributed by atoms with Crippen molar-refractivity contribution in [3.63, 3.8) is 0 Å². The zero-order valence-electron chi connectivity index (χ0n) is 14.9. The summed E-state index contributed by atoms with van der Waals surface area (Å²) in [5.41, 5.74) is -2.75. The fraction of sp³-hybridized carbons (Fsp3) is 0.167. The van der Waals surface area contributed by atoms with E-state index in [2.05, 4.69) is 5.32 Å². The monoisotopic (exact) mass is 389 g/mol. The Balaban J connectivity index is 2.49. The molecule has 2 aromatic rings. The molecular formula is C18H16FN3O6. The standard InChI is InChI=1S/C18H16FN3O6/c1-18(2,21-17(25)26)16(24)20-14-8-7-10(22(27)28)9-12(14)15(23)11-5-3-4-6-13(11)19/h3-9,21H,1-2H3,(H,20,24)(H,25,26). The average Bonchev–Trinajstić information content (AvgIpc) is 2.60. The molecule has 0 saturated carbocycles. The van der Waals surface area contributed by atoms with Crippen LogP contribution in [-0.4, -0.2) is 33.4 Å². The van der Waals surface area contributed by atoms with Crippen LogP contribution in [0.4, 0.5) is 20.6 Å². The van der Waals surface area contributed by atoms with Crippen LogP contribution in [0, 0.1) is 15.9 Å². The summed E-state index contributed by atoms with van der Waals surface area (Å²) in [6.45, 7) is 2.58. The highest BCUT2D eigenvalue weighted by Gasteiger charge is 2.31. The number of nitro benzene ring substituents is 1. The summed E-state index contributed by atoms with van der Waals surface area (Å²) in [6.07, 6.45) is -1.44. The third-order valence-corrected chi connectivity index (χ3v) is 3.81. The van der Waals surface area contributed by atoms with Gasteiger partial charge in [0.1, 0.15) is 11.4 Å². The Morgan fingerprint density at radius 2 is 1.75 bits per heavy atom. The number of nitro groups is 1. The van der Waals surface area contributed by atoms with Gasteiger partial charge in [0, 0.05) is 12.1 Å². The predicted molar refractivity (Wildman–Crippen MR) is 96.8 cm³/mol. The molecular weight excluding hydrogens is 373 g/mol. The zero-order chi connectivity index (χ0) is 21.1. The topological polar surface area (TPSA) is 139 Å². The highest BCUT2D eigenvalue weighted by atomic mass is 19.1. The number of halogens is 1. The van der Waals surface area contributed by atoms with E-state index in [9.17, 15) is 28.9 Å². The molecule has 0 bridgehead atoms. The van der Waals surface area contributed by atoms with Crippen LogP contribution in [0.1, 0.15) is 29.8 Å². The van der Waals surface area contributed by atoms with Crippen molar-refractivity contribution in [2.24, 2.45) is 0 Å². The molecule has 2 amide bonds. The van der Waals surface area contributed by atoms with Gasteiger partial charge in [0.2, 0.25) is 5.91 Å². The van der Waals surface area contributed by atoms with E-state index in [1.165, 1.54) is 32.0 Å². The van der Waals surface area contributed by atoms with Crippen molar-refractivity contribution in [2.75, 3.05) is 5.32 Å². The highest BCUT2D eigenvalue weighted by Crippen LogP contribution is 2.26. The third-order valence-electron chi connectivity index (χ3n) is 3.81. The van der Waals surface area contributed by atoms with Gasteiger partial charge in [0.15, 0.2) is 5.78 Å². The van der Waals surface area contributed by atoms with Gasteiger partial charge in [-0.05, 0) is 32.0 Å². The van der Waals surface area contributed by atoms with Gasteiger partial charge in [-0.1, -0.05) is 12.1 Å². The molecule has 2 rings (SSSR count). The van der Waals surface area contributed by atoms with Gasteiger partial charge in [0.05, 0.1) is 21.7 Å². The van der Waals surface area contributed by atoms with Crippen molar-refractivity contribution in [3.05, 3.63) is 69.5 Å². The Morgan fingerprint density at radius 1 is 1.11 bits per heavy atom. The Hall–Kier alpha value is -3.82. The molecule has 0 unspecified atom stereocenters. The molecule has 0 spiro atoms. The lowest BCUT2D eigenvalue weighted by Crippen LogP contribution is -2.52. The summed E-state index contributed by atoms with van der Waals surface area (Å²) in [7, 11) is 0. The van der Waals surface area contributed by atoms with Crippen LogP contribution in [0.2, 0.25) is 0 Å². The van der Waals surface area contributed by atoms with Crippen LogP contribution in [0.5, 0.6) is 0 Å². The first-order valence-electron chi connectivity index (χ1n) is 7.93. The molecule has 0 saturated heterocycles. The van der Waals surface area contributed by atoms with Crippen molar-refractivity contribution in [1.29, 1.82) is 0 Å². The van der Waals surface area contributed by atoms with Crippen LogP contribution in [0.25, 0.3) is 0 Å². The van der Waals surface area contributed by atoms with E-state index < -0.39 is 39.8 Å². The fourth-order valence-electron chi connectivity index (χ4n) is 2.34. The van der Waals surface area contributed by atoms with E-state index in [1.54, 1.807) is 0 Å². The lowest BCUT2D eigenvalue weighted by Gasteiger charge is -2.24. The maximum Gasteiger partial charge on any atom is 0.405 e. The molecule has 0 aliphatic heterocycles. The normalized spacial score (nSPS) is 10.8. The van der Waals surface area contributed by atoms with Crippen LogP contribution in [0.3, 0.4) is 0 Å². The van der Waals surface area contributed by atoms with Crippen molar-refractivity contribution in [1.82, 2.24) is 5.32 Å². The number of nitrogens with one attached hydrogen (secondary N) is 2. The molecule has 0 aliphatic carbocycles. The number of carbonyl (C=O) groups excluding carboxylic acids is 2. The van der Waals surface area contributed by atoms with Crippen molar-refractivity contribution < 1.29 is 28.8 Å². The molecule has 0 atom stereocenters. The summed E-state index contributed by atoms with van der Waals surface area (Å²) < 4.78 is 14.0. The highest BCUT2D eigenvalue weighted by molar-refractivity contribution is 6.15. The first-order chi connectivity index (χ1) is 13.0. The maximum absolute atomic E-state index is 14.0. The first kappa shape index (κ1) is 20.5. The molecule has 0 aliphatic rings. The van der Waals surface area contributed by atoms with Crippen LogP contribution < -0.4 is 10.6 Å². The maximum atomic E-state index is 14.0. The van der Waals surface area contributed by atoms with E-state index in [1.807, 2.05) is 5.32 Å². The van der Waals surface area contributed by atoms with Crippen LogP contribution in [0.15, 0.2) is 42.5 Å². The van der Waals surface area contributed by atoms with Gasteiger partial charge in [-0.25, -0.2) is 9.18 Å². The molecule has 10 heteroatoms. The zero-order valence-corrected chi connectivity index (χ0v) is 14.9. The summed E-state index contributed by atoms with van der Waals surface area (Å²) in [5, 5.41) is 24.2. The molecule has 146 valence electrons. The summed E-state index contributed by atoms with van der Waals surface area (Å²) >= 11 is 0. The first-order valence-corrected chi connectivity index (χ1v) is 7.93. The average molecular weight is 389 g/mol. The number of hydrogen-bond acceptors (Lipinski definition) is 5. The number of nitrogens with zero attached hydrogens (tertiary/aromatic N) is 1. The molecule has 28 heavy (non-hydrogen) atoms. The van der Waals surface area contributed by atoms with Crippen molar-refractivity contribution in [3.8, 4) is 0 Å². The van der Waals surface area contributed by atoms with Gasteiger partial charge >= 0.3 is 6.09 Å². The smallest absolute Gasteiger partial charge is 0.405 e. The third kappa shape index (κ3) is 4.47. The molecule has 2 aromatic carbocycles. The molecule has 9 nitrogen and oxygen atoms in total. The number of rotatable bonds is 6. The van der Waals surface area contributed by atoms with Crippen LogP contribution in [-0.2, 0) is 4.79 Å². The quantitative estimate of drug-likeness (QED) is 0.394. The Labute approximate surface area is 158 Å². The van der Waals surface area contributed by atoms with Crippen molar-refractivity contribution >= 4 is 29.2 Å². The minimum absolute atomic E-state index is 0.121. The molecule has 0 heterocycles. The number of amides is 2. The van der Waals surface area contributed by atoms with E-state index in [4.69, 9.17) is 5.11 Å². The van der Waals surface area contributed by atoms with Gasteiger partial charge in [-0.3, -0.25) is 19.7 Å². The molecule has 3 N–H and O–H groups in total. The minimum Gasteiger partial charge on any atom is -0.465 e. The molecule has 0 fully saturated rings. The lowest BCUT2D eigenvalue weighted by molar-refractivity contribution is -0.384. The molecule has 0 radical (unpaired) electrons. The summed E-state index contributed by atoms with van der Waals surface area (Å²) in [4.78, 5) is 46.3.